The highest BCUT2D eigenvalue weighted by Crippen LogP contribution is 2.15. The highest BCUT2D eigenvalue weighted by atomic mass is 16.1. The number of benzene rings is 1. The van der Waals surface area contributed by atoms with E-state index in [0.29, 0.717) is 11.6 Å². The van der Waals surface area contributed by atoms with E-state index in [-0.39, 0.29) is 5.91 Å². The van der Waals surface area contributed by atoms with Crippen molar-refractivity contribution in [2.24, 2.45) is 0 Å². The number of aryl methyl sites for hydroxylation is 2. The van der Waals surface area contributed by atoms with Crippen molar-refractivity contribution in [3.63, 3.8) is 0 Å². The second-order valence-electron chi connectivity index (χ2n) is 5.65. The summed E-state index contributed by atoms with van der Waals surface area (Å²) < 4.78 is 0. The van der Waals surface area contributed by atoms with E-state index in [1.807, 2.05) is 32.0 Å². The van der Waals surface area contributed by atoms with Crippen LogP contribution in [0.1, 0.15) is 47.8 Å². The first-order valence-electron chi connectivity index (χ1n) is 8.05. The number of nitrogens with one attached hydrogen (secondary N) is 2. The first-order valence-corrected chi connectivity index (χ1v) is 8.05. The summed E-state index contributed by atoms with van der Waals surface area (Å²) in [6.07, 6.45) is 5.00. The van der Waals surface area contributed by atoms with Gasteiger partial charge in [-0.3, -0.25) is 4.79 Å². The van der Waals surface area contributed by atoms with Crippen LogP contribution in [-0.2, 0) is 0 Å². The molecule has 0 unspecified atom stereocenters. The summed E-state index contributed by atoms with van der Waals surface area (Å²) >= 11 is 0. The van der Waals surface area contributed by atoms with Gasteiger partial charge in [0.2, 0.25) is 5.95 Å². The molecular weight excluding hydrogens is 288 g/mol. The number of aromatic nitrogens is 2. The molecule has 0 bridgehead atoms. The normalized spacial score (nSPS) is 10.4. The number of anilines is 2. The Kier molecular flexibility index (Phi) is 6.09. The van der Waals surface area contributed by atoms with Crippen molar-refractivity contribution in [1.29, 1.82) is 0 Å². The first kappa shape index (κ1) is 16.9. The van der Waals surface area contributed by atoms with E-state index in [1.165, 1.54) is 18.4 Å². The molecule has 1 aromatic heterocycles. The van der Waals surface area contributed by atoms with E-state index in [2.05, 4.69) is 27.5 Å². The number of unbranched alkanes of at least 4 members (excludes halogenated alkanes) is 2. The lowest BCUT2D eigenvalue weighted by Crippen LogP contribution is -2.15. The van der Waals surface area contributed by atoms with Crippen molar-refractivity contribution >= 4 is 17.5 Å². The second kappa shape index (κ2) is 8.27. The molecule has 1 heterocycles. The van der Waals surface area contributed by atoms with Crippen molar-refractivity contribution in [3.8, 4) is 0 Å². The summed E-state index contributed by atoms with van der Waals surface area (Å²) in [5.41, 5.74) is 3.47. The summed E-state index contributed by atoms with van der Waals surface area (Å²) in [7, 11) is 0. The Labute approximate surface area is 137 Å². The van der Waals surface area contributed by atoms with Crippen LogP contribution in [0.3, 0.4) is 0 Å². The second-order valence-corrected chi connectivity index (χ2v) is 5.65. The van der Waals surface area contributed by atoms with Crippen LogP contribution in [0.4, 0.5) is 11.6 Å². The van der Waals surface area contributed by atoms with Gasteiger partial charge in [-0.05, 0) is 49.6 Å². The number of carbonyl (C=O) groups is 1. The third-order valence-corrected chi connectivity index (χ3v) is 3.72. The van der Waals surface area contributed by atoms with Gasteiger partial charge in [0.05, 0.1) is 0 Å². The molecule has 1 amide bonds. The zero-order valence-electron chi connectivity index (χ0n) is 14.0. The highest BCUT2D eigenvalue weighted by Gasteiger charge is 2.09. The van der Waals surface area contributed by atoms with E-state index in [0.717, 1.165) is 24.2 Å². The Morgan fingerprint density at radius 1 is 1.13 bits per heavy atom. The molecule has 122 valence electrons. The lowest BCUT2D eigenvalue weighted by molar-refractivity contribution is 0.102. The van der Waals surface area contributed by atoms with Crippen LogP contribution < -0.4 is 10.6 Å². The largest absolute Gasteiger partial charge is 0.354 e. The zero-order chi connectivity index (χ0) is 16.7. The smallest absolute Gasteiger partial charge is 0.274 e. The molecule has 0 aliphatic heterocycles. The summed E-state index contributed by atoms with van der Waals surface area (Å²) in [6.45, 7) is 7.04. The fraction of sp³-hybridized carbons (Fsp3) is 0.389. The van der Waals surface area contributed by atoms with Crippen LogP contribution in [-0.4, -0.2) is 22.4 Å². The van der Waals surface area contributed by atoms with Gasteiger partial charge in [-0.1, -0.05) is 25.8 Å². The van der Waals surface area contributed by atoms with Gasteiger partial charge in [0.25, 0.3) is 5.91 Å². The quantitative estimate of drug-likeness (QED) is 0.760. The minimum Gasteiger partial charge on any atom is -0.354 e. The minimum absolute atomic E-state index is 0.229. The molecule has 5 heteroatoms. The molecule has 0 aliphatic carbocycles. The predicted octanol–water partition coefficient (Wildman–Crippen LogP) is 3.95. The maximum absolute atomic E-state index is 12.3. The number of rotatable bonds is 7. The third-order valence-electron chi connectivity index (χ3n) is 3.72. The molecule has 0 radical (unpaired) electrons. The molecule has 0 saturated carbocycles. The summed E-state index contributed by atoms with van der Waals surface area (Å²) in [5, 5.41) is 6.03. The average molecular weight is 312 g/mol. The molecule has 0 saturated heterocycles. The Morgan fingerprint density at radius 3 is 2.70 bits per heavy atom. The fourth-order valence-corrected chi connectivity index (χ4v) is 2.16. The zero-order valence-corrected chi connectivity index (χ0v) is 14.0. The Bertz CT molecular complexity index is 670. The highest BCUT2D eigenvalue weighted by molar-refractivity contribution is 6.03. The van der Waals surface area contributed by atoms with Gasteiger partial charge >= 0.3 is 0 Å². The monoisotopic (exact) mass is 312 g/mol. The topological polar surface area (TPSA) is 66.9 Å². The minimum atomic E-state index is -0.229. The van der Waals surface area contributed by atoms with Crippen LogP contribution >= 0.6 is 0 Å². The van der Waals surface area contributed by atoms with E-state index >= 15 is 0 Å². The molecule has 5 nitrogen and oxygen atoms in total. The van der Waals surface area contributed by atoms with Crippen LogP contribution in [0.5, 0.6) is 0 Å². The Morgan fingerprint density at radius 2 is 1.96 bits per heavy atom. The van der Waals surface area contributed by atoms with Crippen LogP contribution in [0, 0.1) is 13.8 Å². The van der Waals surface area contributed by atoms with Crippen molar-refractivity contribution < 1.29 is 4.79 Å². The molecule has 0 aliphatic rings. The lowest BCUT2D eigenvalue weighted by atomic mass is 10.1. The summed E-state index contributed by atoms with van der Waals surface area (Å²) in [4.78, 5) is 20.7. The van der Waals surface area contributed by atoms with Gasteiger partial charge in [-0.25, -0.2) is 9.97 Å². The van der Waals surface area contributed by atoms with Crippen LogP contribution in [0.15, 0.2) is 30.5 Å². The number of amides is 1. The van der Waals surface area contributed by atoms with Gasteiger partial charge in [0, 0.05) is 18.4 Å². The molecule has 2 rings (SSSR count). The number of hydrogen-bond acceptors (Lipinski definition) is 4. The molecular formula is C18H24N4O. The van der Waals surface area contributed by atoms with Crippen molar-refractivity contribution in [3.05, 3.63) is 47.3 Å². The average Bonchev–Trinajstić information content (AvgIpc) is 2.55. The molecule has 0 fully saturated rings. The van der Waals surface area contributed by atoms with Gasteiger partial charge in [0.1, 0.15) is 5.69 Å². The van der Waals surface area contributed by atoms with Gasteiger partial charge in [-0.2, -0.15) is 0 Å². The van der Waals surface area contributed by atoms with Crippen LogP contribution in [0.25, 0.3) is 0 Å². The third kappa shape index (κ3) is 5.06. The molecule has 1 aromatic carbocycles. The van der Waals surface area contributed by atoms with Crippen molar-refractivity contribution in [2.45, 2.75) is 40.0 Å². The lowest BCUT2D eigenvalue weighted by Gasteiger charge is -2.08. The van der Waals surface area contributed by atoms with E-state index in [4.69, 9.17) is 0 Å². The molecule has 2 aromatic rings. The van der Waals surface area contributed by atoms with Gasteiger partial charge < -0.3 is 10.6 Å². The number of nitrogens with zero attached hydrogens (tertiary/aromatic N) is 2. The van der Waals surface area contributed by atoms with Gasteiger partial charge in [0.15, 0.2) is 0 Å². The Hall–Kier alpha value is -2.43. The number of carbonyl (C=O) groups excluding carboxylic acids is 1. The molecule has 23 heavy (non-hydrogen) atoms. The molecule has 0 spiro atoms. The maximum atomic E-state index is 12.3. The van der Waals surface area contributed by atoms with Crippen molar-refractivity contribution in [1.82, 2.24) is 9.97 Å². The van der Waals surface area contributed by atoms with Gasteiger partial charge in [-0.15, -0.1) is 0 Å². The first-order chi connectivity index (χ1) is 11.1. The summed E-state index contributed by atoms with van der Waals surface area (Å²) in [5.74, 6) is 0.265. The van der Waals surface area contributed by atoms with E-state index in [1.54, 1.807) is 12.3 Å². The standard InChI is InChI=1S/C18H24N4O/c1-4-5-6-10-19-18-20-11-9-16(22-18)17(23)21-15-8-7-13(2)14(3)12-15/h7-9,11-12H,4-6,10H2,1-3H3,(H,21,23)(H,19,20,22). The van der Waals surface area contributed by atoms with Crippen molar-refractivity contribution in [2.75, 3.05) is 17.2 Å². The fourth-order valence-electron chi connectivity index (χ4n) is 2.16. The molecule has 2 N–H and O–H groups in total. The predicted molar refractivity (Wildman–Crippen MR) is 93.9 cm³/mol. The van der Waals surface area contributed by atoms with Crippen LogP contribution in [0.2, 0.25) is 0 Å². The molecule has 0 atom stereocenters. The Balaban J connectivity index is 2.00. The van der Waals surface area contributed by atoms with E-state index in [9.17, 15) is 4.79 Å². The summed E-state index contributed by atoms with van der Waals surface area (Å²) in [6, 6.07) is 7.46. The maximum Gasteiger partial charge on any atom is 0.274 e. The number of hydrogen-bond donors (Lipinski definition) is 2. The van der Waals surface area contributed by atoms with E-state index < -0.39 is 0 Å². The SMILES string of the molecule is CCCCCNc1nccc(C(=O)Nc2ccc(C)c(C)c2)n1.